The standard InChI is InChI=1S/C18H23NO2/c1-14(2)19(12-11-18(20)21-3)13-16-9-6-8-15-7-4-5-10-17(15)16/h4-10,14H,11-13H2,1-3H3. The highest BCUT2D eigenvalue weighted by atomic mass is 16.5. The molecule has 0 saturated carbocycles. The van der Waals surface area contributed by atoms with E-state index in [1.54, 1.807) is 0 Å². The molecule has 0 saturated heterocycles. The predicted octanol–water partition coefficient (Wildman–Crippen LogP) is 3.61. The molecule has 0 aliphatic heterocycles. The van der Waals surface area contributed by atoms with Crippen molar-refractivity contribution in [2.24, 2.45) is 0 Å². The summed E-state index contributed by atoms with van der Waals surface area (Å²) in [7, 11) is 1.44. The molecule has 2 aromatic carbocycles. The van der Waals surface area contributed by atoms with Gasteiger partial charge in [-0.3, -0.25) is 9.69 Å². The fourth-order valence-electron chi connectivity index (χ4n) is 2.51. The van der Waals surface area contributed by atoms with Crippen LogP contribution in [0.4, 0.5) is 0 Å². The largest absolute Gasteiger partial charge is 0.469 e. The van der Waals surface area contributed by atoms with Gasteiger partial charge in [-0.2, -0.15) is 0 Å². The van der Waals surface area contributed by atoms with Crippen molar-refractivity contribution in [2.45, 2.75) is 32.9 Å². The van der Waals surface area contributed by atoms with Gasteiger partial charge in [0, 0.05) is 19.1 Å². The molecule has 0 spiro atoms. The number of hydrogen-bond donors (Lipinski definition) is 0. The van der Waals surface area contributed by atoms with Crippen molar-refractivity contribution in [3.05, 3.63) is 48.0 Å². The summed E-state index contributed by atoms with van der Waals surface area (Å²) in [5, 5.41) is 2.54. The van der Waals surface area contributed by atoms with E-state index in [0.717, 1.165) is 6.54 Å². The van der Waals surface area contributed by atoms with E-state index in [2.05, 4.69) is 61.2 Å². The molecule has 0 aliphatic rings. The average molecular weight is 285 g/mol. The van der Waals surface area contributed by atoms with Crippen LogP contribution in [0.25, 0.3) is 10.8 Å². The first-order chi connectivity index (χ1) is 10.1. The topological polar surface area (TPSA) is 29.5 Å². The maximum Gasteiger partial charge on any atom is 0.306 e. The Hall–Kier alpha value is -1.87. The summed E-state index contributed by atoms with van der Waals surface area (Å²) in [6.07, 6.45) is 0.430. The molecule has 0 fully saturated rings. The molecular formula is C18H23NO2. The van der Waals surface area contributed by atoms with E-state index >= 15 is 0 Å². The maximum atomic E-state index is 11.4. The van der Waals surface area contributed by atoms with Crippen LogP contribution in [0.15, 0.2) is 42.5 Å². The van der Waals surface area contributed by atoms with Crippen LogP contribution >= 0.6 is 0 Å². The van der Waals surface area contributed by atoms with Gasteiger partial charge in [0.15, 0.2) is 0 Å². The van der Waals surface area contributed by atoms with Crippen LogP contribution in [0.5, 0.6) is 0 Å². The minimum Gasteiger partial charge on any atom is -0.469 e. The van der Waals surface area contributed by atoms with Crippen LogP contribution in [-0.4, -0.2) is 30.6 Å². The molecule has 2 aromatic rings. The zero-order valence-electron chi connectivity index (χ0n) is 13.0. The number of nitrogens with zero attached hydrogens (tertiary/aromatic N) is 1. The van der Waals surface area contributed by atoms with E-state index in [-0.39, 0.29) is 5.97 Å². The molecule has 0 unspecified atom stereocenters. The Bertz CT molecular complexity index is 602. The Morgan fingerprint density at radius 3 is 2.57 bits per heavy atom. The number of rotatable bonds is 6. The summed E-state index contributed by atoms with van der Waals surface area (Å²) in [6, 6.07) is 15.2. The Morgan fingerprint density at radius 1 is 1.14 bits per heavy atom. The summed E-state index contributed by atoms with van der Waals surface area (Å²) in [4.78, 5) is 13.7. The van der Waals surface area contributed by atoms with Gasteiger partial charge in [0.2, 0.25) is 0 Å². The minimum atomic E-state index is -0.154. The Labute approximate surface area is 126 Å². The third-order valence-corrected chi connectivity index (χ3v) is 3.81. The number of fused-ring (bicyclic) bond motifs is 1. The monoisotopic (exact) mass is 285 g/mol. The van der Waals surface area contributed by atoms with Gasteiger partial charge in [-0.1, -0.05) is 42.5 Å². The fraction of sp³-hybridized carbons (Fsp3) is 0.389. The lowest BCUT2D eigenvalue weighted by Gasteiger charge is -2.26. The Kier molecular flexibility index (Phi) is 5.34. The van der Waals surface area contributed by atoms with Crippen LogP contribution in [0.1, 0.15) is 25.8 Å². The van der Waals surface area contributed by atoms with E-state index in [0.29, 0.717) is 19.0 Å². The highest BCUT2D eigenvalue weighted by Gasteiger charge is 2.13. The van der Waals surface area contributed by atoms with Gasteiger partial charge in [0.1, 0.15) is 0 Å². The molecule has 0 aliphatic carbocycles. The first-order valence-electron chi connectivity index (χ1n) is 7.39. The number of methoxy groups -OCH3 is 1. The molecule has 0 N–H and O–H groups in total. The highest BCUT2D eigenvalue weighted by molar-refractivity contribution is 5.85. The molecule has 3 heteroatoms. The summed E-state index contributed by atoms with van der Waals surface area (Å²) >= 11 is 0. The molecule has 2 rings (SSSR count). The molecule has 0 radical (unpaired) electrons. The molecule has 0 amide bonds. The smallest absolute Gasteiger partial charge is 0.306 e. The predicted molar refractivity (Wildman–Crippen MR) is 86.1 cm³/mol. The van der Waals surface area contributed by atoms with Gasteiger partial charge in [0.05, 0.1) is 13.5 Å². The van der Waals surface area contributed by atoms with Crippen molar-refractivity contribution in [3.63, 3.8) is 0 Å². The van der Waals surface area contributed by atoms with Gasteiger partial charge in [-0.25, -0.2) is 0 Å². The second-order valence-corrected chi connectivity index (χ2v) is 5.53. The molecule has 112 valence electrons. The first-order valence-corrected chi connectivity index (χ1v) is 7.39. The zero-order chi connectivity index (χ0) is 15.2. The first kappa shape index (κ1) is 15.5. The summed E-state index contributed by atoms with van der Waals surface area (Å²) in [6.45, 7) is 5.87. The lowest BCUT2D eigenvalue weighted by molar-refractivity contribution is -0.141. The minimum absolute atomic E-state index is 0.154. The third kappa shape index (κ3) is 4.05. The number of esters is 1. The lowest BCUT2D eigenvalue weighted by atomic mass is 10.0. The second kappa shape index (κ2) is 7.23. The molecule has 3 nitrogen and oxygen atoms in total. The second-order valence-electron chi connectivity index (χ2n) is 5.53. The van der Waals surface area contributed by atoms with Crippen LogP contribution in [0, 0.1) is 0 Å². The van der Waals surface area contributed by atoms with Gasteiger partial charge < -0.3 is 4.74 Å². The van der Waals surface area contributed by atoms with E-state index in [1.165, 1.54) is 23.4 Å². The number of carbonyl (C=O) groups is 1. The van der Waals surface area contributed by atoms with Crippen LogP contribution in [0.2, 0.25) is 0 Å². The normalized spacial score (nSPS) is 11.3. The fourth-order valence-corrected chi connectivity index (χ4v) is 2.51. The SMILES string of the molecule is COC(=O)CCN(Cc1cccc2ccccc12)C(C)C. The van der Waals surface area contributed by atoms with Crippen molar-refractivity contribution in [1.29, 1.82) is 0 Å². The van der Waals surface area contributed by atoms with Crippen LogP contribution in [-0.2, 0) is 16.1 Å². The summed E-state index contributed by atoms with van der Waals surface area (Å²) in [5.41, 5.74) is 1.30. The average Bonchev–Trinajstić information content (AvgIpc) is 2.50. The number of ether oxygens (including phenoxy) is 1. The summed E-state index contributed by atoms with van der Waals surface area (Å²) in [5.74, 6) is -0.154. The van der Waals surface area contributed by atoms with Crippen molar-refractivity contribution in [1.82, 2.24) is 4.90 Å². The molecule has 0 heterocycles. The molecule has 0 aromatic heterocycles. The van der Waals surface area contributed by atoms with Gasteiger partial charge in [0.25, 0.3) is 0 Å². The van der Waals surface area contributed by atoms with Crippen molar-refractivity contribution < 1.29 is 9.53 Å². The third-order valence-electron chi connectivity index (χ3n) is 3.81. The van der Waals surface area contributed by atoms with Gasteiger partial charge in [-0.05, 0) is 30.2 Å². The van der Waals surface area contributed by atoms with Crippen molar-refractivity contribution >= 4 is 16.7 Å². The Balaban J connectivity index is 2.17. The molecular weight excluding hydrogens is 262 g/mol. The maximum absolute atomic E-state index is 11.4. The van der Waals surface area contributed by atoms with Crippen molar-refractivity contribution in [2.75, 3.05) is 13.7 Å². The molecule has 21 heavy (non-hydrogen) atoms. The van der Waals surface area contributed by atoms with E-state index in [1.807, 2.05) is 0 Å². The number of hydrogen-bond acceptors (Lipinski definition) is 3. The molecule has 0 bridgehead atoms. The van der Waals surface area contributed by atoms with Gasteiger partial charge >= 0.3 is 5.97 Å². The molecule has 0 atom stereocenters. The van der Waals surface area contributed by atoms with Gasteiger partial charge in [-0.15, -0.1) is 0 Å². The lowest BCUT2D eigenvalue weighted by Crippen LogP contribution is -2.32. The van der Waals surface area contributed by atoms with Crippen molar-refractivity contribution in [3.8, 4) is 0 Å². The van der Waals surface area contributed by atoms with E-state index < -0.39 is 0 Å². The Morgan fingerprint density at radius 2 is 1.86 bits per heavy atom. The summed E-state index contributed by atoms with van der Waals surface area (Å²) < 4.78 is 4.74. The van der Waals surface area contributed by atoms with E-state index in [4.69, 9.17) is 4.74 Å². The van der Waals surface area contributed by atoms with E-state index in [9.17, 15) is 4.79 Å². The highest BCUT2D eigenvalue weighted by Crippen LogP contribution is 2.20. The zero-order valence-corrected chi connectivity index (χ0v) is 13.0. The number of carbonyl (C=O) groups excluding carboxylic acids is 1. The van der Waals surface area contributed by atoms with Crippen LogP contribution in [0.3, 0.4) is 0 Å². The number of benzene rings is 2. The van der Waals surface area contributed by atoms with Crippen LogP contribution < -0.4 is 0 Å². The quantitative estimate of drug-likeness (QED) is 0.759.